The summed E-state index contributed by atoms with van der Waals surface area (Å²) in [5, 5.41) is 5.58. The average molecular weight is 507 g/mol. The van der Waals surface area contributed by atoms with Crippen LogP contribution in [0.3, 0.4) is 0 Å². The van der Waals surface area contributed by atoms with Gasteiger partial charge in [0.15, 0.2) is 5.96 Å². The first kappa shape index (κ1) is 26.8. The smallest absolute Gasteiger partial charge is 0.186 e. The number of fused-ring (bicyclic) bond motifs is 1. The minimum absolute atomic E-state index is 0. The van der Waals surface area contributed by atoms with Gasteiger partial charge in [0.2, 0.25) is 0 Å². The topological polar surface area (TPSA) is 89.3 Å². The number of nitrogens with zero attached hydrogens (tertiary/aromatic N) is 2. The lowest BCUT2D eigenvalue weighted by Crippen LogP contribution is -2.38. The first-order chi connectivity index (χ1) is 15.0. The first-order valence-electron chi connectivity index (χ1n) is 10.7. The fourth-order valence-electron chi connectivity index (χ4n) is 4.15. The zero-order chi connectivity index (χ0) is 21.8. The number of aliphatic imine (C=N–C) groups is 1. The number of pyridine rings is 1. The van der Waals surface area contributed by atoms with Gasteiger partial charge in [0.05, 0.1) is 17.3 Å². The number of hydrogen-bond acceptors (Lipinski definition) is 3. The second kappa shape index (κ2) is 12.1. The Morgan fingerprint density at radius 3 is 2.48 bits per heavy atom. The van der Waals surface area contributed by atoms with Crippen LogP contribution in [0.5, 0.6) is 0 Å². The summed E-state index contributed by atoms with van der Waals surface area (Å²) < 4.78 is 0. The van der Waals surface area contributed by atoms with E-state index >= 15 is 0 Å². The number of nitrogens with two attached hydrogens (primary N) is 2. The van der Waals surface area contributed by atoms with E-state index in [0.29, 0.717) is 0 Å². The van der Waals surface area contributed by atoms with E-state index in [1.54, 1.807) is 0 Å². The first-order valence-corrected chi connectivity index (χ1v) is 11.1. The van der Waals surface area contributed by atoms with E-state index in [2.05, 4.69) is 41.5 Å². The van der Waals surface area contributed by atoms with Crippen molar-refractivity contribution < 1.29 is 0 Å². The molecule has 0 amide bonds. The number of rotatable bonds is 5. The number of hydrogen-bond donors (Lipinski definition) is 3. The Labute approximate surface area is 212 Å². The van der Waals surface area contributed by atoms with Crippen LogP contribution < -0.4 is 16.8 Å². The molecule has 0 radical (unpaired) electrons. The van der Waals surface area contributed by atoms with E-state index < -0.39 is 0 Å². The lowest BCUT2D eigenvalue weighted by atomic mass is 9.90. The number of aromatic nitrogens is 1. The molecule has 1 fully saturated rings. The molecule has 0 bridgehead atoms. The third kappa shape index (κ3) is 7.00. The Bertz CT molecular complexity index is 1120. The summed E-state index contributed by atoms with van der Waals surface area (Å²) in [5.41, 5.74) is 16.6. The third-order valence-corrected chi connectivity index (χ3v) is 5.94. The molecule has 176 valence electrons. The molecule has 0 saturated heterocycles. The largest absolute Gasteiger partial charge is 0.380 e. The molecule has 2 unspecified atom stereocenters. The summed E-state index contributed by atoms with van der Waals surface area (Å²) in [6, 6.07) is 16.5. The monoisotopic (exact) mass is 505 g/mol. The van der Waals surface area contributed by atoms with E-state index in [4.69, 9.17) is 28.1 Å². The number of guanidine groups is 1. The fraction of sp³-hybridized carbons (Fsp3) is 0.280. The quantitative estimate of drug-likeness (QED) is 0.283. The van der Waals surface area contributed by atoms with Gasteiger partial charge in [-0.1, -0.05) is 54.3 Å². The van der Waals surface area contributed by atoms with Crippen molar-refractivity contribution in [2.24, 2.45) is 16.5 Å². The summed E-state index contributed by atoms with van der Waals surface area (Å²) in [6.07, 6.45) is 8.41. The van der Waals surface area contributed by atoms with Gasteiger partial charge in [0, 0.05) is 22.1 Å². The maximum absolute atomic E-state index is 5.99. The minimum atomic E-state index is 0. The zero-order valence-electron chi connectivity index (χ0n) is 18.5. The summed E-state index contributed by atoms with van der Waals surface area (Å²) in [5.74, 6) is 0.153. The standard InChI is InChI=1S/C25H28ClN5.2ClH/c1-16-6-13-21-20(14-16)24(30-22-4-2-3-5-23(22)31-25(27)28)15-19(29-21)12-9-17-7-10-18(26)11-8-17;;/h6-15,22-23H,2-5H2,1H3,(H,29,30)(H4,27,28,31);2*1H/b12-9+;;. The van der Waals surface area contributed by atoms with E-state index in [1.165, 1.54) is 12.0 Å². The van der Waals surface area contributed by atoms with Crippen LogP contribution in [0.2, 0.25) is 5.02 Å². The van der Waals surface area contributed by atoms with Crippen LogP contribution in [0.25, 0.3) is 23.1 Å². The highest BCUT2D eigenvalue weighted by Gasteiger charge is 2.25. The maximum Gasteiger partial charge on any atom is 0.186 e. The minimum Gasteiger partial charge on any atom is -0.380 e. The molecule has 5 N–H and O–H groups in total. The maximum atomic E-state index is 5.99. The molecule has 4 rings (SSSR count). The SMILES string of the molecule is Cc1ccc2nc(/C=C/c3ccc(Cl)cc3)cc(NC3CCCCC3N=C(N)N)c2c1.Cl.Cl. The predicted octanol–water partition coefficient (Wildman–Crippen LogP) is 6.21. The molecule has 3 aromatic rings. The molecule has 33 heavy (non-hydrogen) atoms. The van der Waals surface area contributed by atoms with Gasteiger partial charge in [0.1, 0.15) is 0 Å². The molecule has 0 aliphatic heterocycles. The van der Waals surface area contributed by atoms with Crippen LogP contribution in [0.1, 0.15) is 42.5 Å². The molecule has 0 spiro atoms. The van der Waals surface area contributed by atoms with Gasteiger partial charge in [-0.2, -0.15) is 0 Å². The summed E-state index contributed by atoms with van der Waals surface area (Å²) >= 11 is 5.99. The van der Waals surface area contributed by atoms with Crippen molar-refractivity contribution in [1.82, 2.24) is 4.98 Å². The molecule has 2 atom stereocenters. The molecule has 1 heterocycles. The Balaban J connectivity index is 0.00000193. The Kier molecular flexibility index (Phi) is 9.84. The number of halogens is 3. The van der Waals surface area contributed by atoms with Crippen molar-refractivity contribution in [1.29, 1.82) is 0 Å². The van der Waals surface area contributed by atoms with Gasteiger partial charge >= 0.3 is 0 Å². The number of benzene rings is 2. The summed E-state index contributed by atoms with van der Waals surface area (Å²) in [4.78, 5) is 9.34. The molecule has 1 aliphatic carbocycles. The molecule has 1 aliphatic rings. The van der Waals surface area contributed by atoms with Gasteiger partial charge in [-0.05, 0) is 61.7 Å². The summed E-state index contributed by atoms with van der Waals surface area (Å²) in [7, 11) is 0. The van der Waals surface area contributed by atoms with Crippen LogP contribution >= 0.6 is 36.4 Å². The lowest BCUT2D eigenvalue weighted by molar-refractivity contribution is 0.405. The van der Waals surface area contributed by atoms with Crippen molar-refractivity contribution in [3.63, 3.8) is 0 Å². The van der Waals surface area contributed by atoms with Gasteiger partial charge in [-0.15, -0.1) is 24.8 Å². The van der Waals surface area contributed by atoms with Gasteiger partial charge in [-0.25, -0.2) is 9.98 Å². The molecular weight excluding hydrogens is 477 g/mol. The number of nitrogens with one attached hydrogen (secondary N) is 1. The molecule has 1 aromatic heterocycles. The lowest BCUT2D eigenvalue weighted by Gasteiger charge is -2.31. The fourth-order valence-corrected chi connectivity index (χ4v) is 4.27. The highest BCUT2D eigenvalue weighted by atomic mass is 35.5. The van der Waals surface area contributed by atoms with Crippen molar-refractivity contribution in [2.45, 2.75) is 44.7 Å². The zero-order valence-corrected chi connectivity index (χ0v) is 20.9. The van der Waals surface area contributed by atoms with Crippen LogP contribution in [0.15, 0.2) is 53.5 Å². The second-order valence-corrected chi connectivity index (χ2v) is 8.59. The van der Waals surface area contributed by atoms with Crippen LogP contribution in [0.4, 0.5) is 5.69 Å². The van der Waals surface area contributed by atoms with Gasteiger partial charge in [-0.3, -0.25) is 0 Å². The van der Waals surface area contributed by atoms with Crippen LogP contribution in [-0.2, 0) is 0 Å². The normalized spacial score (nSPS) is 17.8. The molecular formula is C25H30Cl3N5. The number of aryl methyl sites for hydroxylation is 1. The Morgan fingerprint density at radius 2 is 1.76 bits per heavy atom. The second-order valence-electron chi connectivity index (χ2n) is 8.16. The van der Waals surface area contributed by atoms with Crippen molar-refractivity contribution in [3.8, 4) is 0 Å². The number of anilines is 1. The highest BCUT2D eigenvalue weighted by Crippen LogP contribution is 2.30. The van der Waals surface area contributed by atoms with Crippen molar-refractivity contribution in [3.05, 3.63) is 70.4 Å². The molecule has 5 nitrogen and oxygen atoms in total. The molecule has 1 saturated carbocycles. The van der Waals surface area contributed by atoms with E-state index in [0.717, 1.165) is 52.1 Å². The molecule has 8 heteroatoms. The Hall–Kier alpha value is -2.47. The van der Waals surface area contributed by atoms with E-state index in [1.807, 2.05) is 36.4 Å². The van der Waals surface area contributed by atoms with Gasteiger partial charge in [0.25, 0.3) is 0 Å². The van der Waals surface area contributed by atoms with Crippen molar-refractivity contribution in [2.75, 3.05) is 5.32 Å². The third-order valence-electron chi connectivity index (χ3n) is 5.69. The highest BCUT2D eigenvalue weighted by molar-refractivity contribution is 6.30. The molecule has 2 aromatic carbocycles. The van der Waals surface area contributed by atoms with Crippen LogP contribution in [0, 0.1) is 6.92 Å². The summed E-state index contributed by atoms with van der Waals surface area (Å²) in [6.45, 7) is 2.10. The van der Waals surface area contributed by atoms with E-state index in [9.17, 15) is 0 Å². The average Bonchev–Trinajstić information content (AvgIpc) is 2.75. The van der Waals surface area contributed by atoms with Crippen LogP contribution in [-0.4, -0.2) is 23.0 Å². The predicted molar refractivity (Wildman–Crippen MR) is 147 cm³/mol. The van der Waals surface area contributed by atoms with Gasteiger partial charge < -0.3 is 16.8 Å². The van der Waals surface area contributed by atoms with E-state index in [-0.39, 0.29) is 42.9 Å². The Morgan fingerprint density at radius 1 is 1.03 bits per heavy atom. The van der Waals surface area contributed by atoms with Crippen molar-refractivity contribution >= 4 is 71.1 Å².